The van der Waals surface area contributed by atoms with E-state index in [0.717, 1.165) is 0 Å². The second kappa shape index (κ2) is 7.43. The van der Waals surface area contributed by atoms with Crippen molar-refractivity contribution in [2.24, 2.45) is 0 Å². The maximum absolute atomic E-state index is 13.2. The van der Waals surface area contributed by atoms with Crippen molar-refractivity contribution in [2.75, 3.05) is 21.3 Å². The summed E-state index contributed by atoms with van der Waals surface area (Å²) in [5, 5.41) is 12.4. The van der Waals surface area contributed by atoms with E-state index in [1.54, 1.807) is 6.07 Å². The molecule has 0 fully saturated rings. The molecule has 3 heterocycles. The average molecular weight is 410 g/mol. The topological polar surface area (TPSA) is 123 Å². The predicted molar refractivity (Wildman–Crippen MR) is 106 cm³/mol. The molecule has 0 saturated carbocycles. The molecule has 4 rings (SSSR count). The third-order valence-electron chi connectivity index (χ3n) is 4.63. The number of benzene rings is 1. The highest BCUT2D eigenvalue weighted by Crippen LogP contribution is 2.32. The predicted octanol–water partition coefficient (Wildman–Crippen LogP) is 1.19. The molecule has 4 aromatic rings. The molecule has 0 amide bonds. The number of esters is 1. The largest absolute Gasteiger partial charge is 0.493 e. The van der Waals surface area contributed by atoms with Gasteiger partial charge in [-0.3, -0.25) is 9.36 Å². The molecule has 30 heavy (non-hydrogen) atoms. The second-order valence-electron chi connectivity index (χ2n) is 6.23. The van der Waals surface area contributed by atoms with Gasteiger partial charge in [-0.15, -0.1) is 15.3 Å². The average Bonchev–Trinajstić information content (AvgIpc) is 3.22. The van der Waals surface area contributed by atoms with Gasteiger partial charge in [0.15, 0.2) is 22.8 Å². The van der Waals surface area contributed by atoms with Gasteiger partial charge >= 0.3 is 5.97 Å². The van der Waals surface area contributed by atoms with E-state index < -0.39 is 11.5 Å². The van der Waals surface area contributed by atoms with Crippen molar-refractivity contribution in [3.63, 3.8) is 0 Å². The Hall–Kier alpha value is -4.02. The summed E-state index contributed by atoms with van der Waals surface area (Å²) in [5.41, 5.74) is 0.408. The first-order valence-electron chi connectivity index (χ1n) is 9.00. The van der Waals surface area contributed by atoms with E-state index in [1.165, 1.54) is 48.7 Å². The first kappa shape index (κ1) is 19.3. The molecule has 0 aliphatic carbocycles. The summed E-state index contributed by atoms with van der Waals surface area (Å²) in [6.07, 6.45) is 2.14. The van der Waals surface area contributed by atoms with Crippen LogP contribution in [-0.2, 0) is 11.2 Å². The van der Waals surface area contributed by atoms with Crippen LogP contribution in [0.15, 0.2) is 29.2 Å². The number of aryl methyl sites for hydroxylation is 1. The summed E-state index contributed by atoms with van der Waals surface area (Å²) in [7, 11) is 4.16. The Morgan fingerprint density at radius 2 is 1.83 bits per heavy atom. The smallest absolute Gasteiger partial charge is 0.340 e. The van der Waals surface area contributed by atoms with Crippen molar-refractivity contribution < 1.29 is 19.0 Å². The van der Waals surface area contributed by atoms with Crippen LogP contribution in [-0.4, -0.2) is 56.7 Å². The molecule has 0 radical (unpaired) electrons. The van der Waals surface area contributed by atoms with Crippen LogP contribution in [0.5, 0.6) is 11.5 Å². The Labute approximate surface area is 169 Å². The Balaban J connectivity index is 2.01. The maximum Gasteiger partial charge on any atom is 0.340 e. The molecule has 11 nitrogen and oxygen atoms in total. The molecule has 0 spiro atoms. The molecule has 3 aromatic heterocycles. The lowest BCUT2D eigenvalue weighted by atomic mass is 10.1. The summed E-state index contributed by atoms with van der Waals surface area (Å²) in [6.45, 7) is 1.92. The van der Waals surface area contributed by atoms with Crippen LogP contribution in [0.1, 0.15) is 23.1 Å². The van der Waals surface area contributed by atoms with Crippen molar-refractivity contribution in [1.82, 2.24) is 29.4 Å². The van der Waals surface area contributed by atoms with E-state index in [0.29, 0.717) is 35.0 Å². The standard InChI is InChI=1S/C19H18N6O5/c1-5-15-20-19-22-21-16-11(25(19)23-15)6-7-24(17(16)26)12-9-14(29-3)13(28-2)8-10(12)18(27)30-4/h6-9H,5H2,1-4H3. The Morgan fingerprint density at radius 1 is 1.10 bits per heavy atom. The number of hydrogen-bond acceptors (Lipinski definition) is 9. The van der Waals surface area contributed by atoms with Gasteiger partial charge in [0.1, 0.15) is 5.52 Å². The minimum Gasteiger partial charge on any atom is -0.493 e. The van der Waals surface area contributed by atoms with Gasteiger partial charge in [-0.05, 0) is 6.07 Å². The van der Waals surface area contributed by atoms with E-state index in [-0.39, 0.29) is 16.8 Å². The number of hydrogen-bond donors (Lipinski definition) is 0. The highest BCUT2D eigenvalue weighted by molar-refractivity contribution is 5.94. The first-order valence-corrected chi connectivity index (χ1v) is 9.00. The maximum atomic E-state index is 13.2. The molecule has 0 aliphatic rings. The van der Waals surface area contributed by atoms with E-state index in [1.807, 2.05) is 6.92 Å². The van der Waals surface area contributed by atoms with Gasteiger partial charge in [0.2, 0.25) is 0 Å². The zero-order chi connectivity index (χ0) is 21.4. The SMILES string of the molecule is CCc1nc2nnc3c(=O)n(-c4cc(OC)c(OC)cc4C(=O)OC)ccc3n2n1. The van der Waals surface area contributed by atoms with Gasteiger partial charge in [0, 0.05) is 24.8 Å². The van der Waals surface area contributed by atoms with Gasteiger partial charge in [0.25, 0.3) is 11.3 Å². The second-order valence-corrected chi connectivity index (χ2v) is 6.23. The van der Waals surface area contributed by atoms with Crippen LogP contribution in [0.4, 0.5) is 0 Å². The number of nitrogens with zero attached hydrogens (tertiary/aromatic N) is 6. The monoisotopic (exact) mass is 410 g/mol. The van der Waals surface area contributed by atoms with E-state index >= 15 is 0 Å². The van der Waals surface area contributed by atoms with Gasteiger partial charge in [-0.2, -0.15) is 9.50 Å². The Bertz CT molecular complexity index is 1340. The molecule has 154 valence electrons. The Kier molecular flexibility index (Phi) is 4.78. The first-order chi connectivity index (χ1) is 14.5. The fourth-order valence-electron chi connectivity index (χ4n) is 3.13. The van der Waals surface area contributed by atoms with Crippen LogP contribution >= 0.6 is 0 Å². The summed E-state index contributed by atoms with van der Waals surface area (Å²) in [6, 6.07) is 4.63. The molecule has 1 aromatic carbocycles. The molecule has 0 bridgehead atoms. The number of carbonyl (C=O) groups is 1. The number of aromatic nitrogens is 6. The number of carbonyl (C=O) groups excluding carboxylic acids is 1. The third kappa shape index (κ3) is 2.91. The quantitative estimate of drug-likeness (QED) is 0.446. The highest BCUT2D eigenvalue weighted by Gasteiger charge is 2.21. The van der Waals surface area contributed by atoms with E-state index in [9.17, 15) is 9.59 Å². The zero-order valence-electron chi connectivity index (χ0n) is 16.7. The van der Waals surface area contributed by atoms with Crippen molar-refractivity contribution in [3.05, 3.63) is 46.1 Å². The van der Waals surface area contributed by atoms with Crippen LogP contribution in [0.3, 0.4) is 0 Å². The van der Waals surface area contributed by atoms with E-state index in [2.05, 4.69) is 20.3 Å². The molecule has 0 atom stereocenters. The molecule has 0 aliphatic heterocycles. The van der Waals surface area contributed by atoms with Crippen molar-refractivity contribution in [3.8, 4) is 17.2 Å². The molecule has 0 saturated heterocycles. The molecule has 0 unspecified atom stereocenters. The minimum absolute atomic E-state index is 0.0724. The Morgan fingerprint density at radius 3 is 2.50 bits per heavy atom. The van der Waals surface area contributed by atoms with Crippen LogP contribution in [0, 0.1) is 0 Å². The fraction of sp³-hybridized carbons (Fsp3) is 0.263. The lowest BCUT2D eigenvalue weighted by Gasteiger charge is -2.15. The molecule has 0 N–H and O–H groups in total. The molecular formula is C19H18N6O5. The minimum atomic E-state index is -0.636. The van der Waals surface area contributed by atoms with Gasteiger partial charge < -0.3 is 14.2 Å². The number of ether oxygens (including phenoxy) is 3. The number of pyridine rings is 1. The lowest BCUT2D eigenvalue weighted by Crippen LogP contribution is -2.22. The van der Waals surface area contributed by atoms with Crippen LogP contribution in [0.2, 0.25) is 0 Å². The summed E-state index contributed by atoms with van der Waals surface area (Å²) < 4.78 is 18.2. The third-order valence-corrected chi connectivity index (χ3v) is 4.63. The number of fused-ring (bicyclic) bond motifs is 3. The molecule has 11 heteroatoms. The lowest BCUT2D eigenvalue weighted by molar-refractivity contribution is 0.0600. The van der Waals surface area contributed by atoms with Crippen molar-refractivity contribution >= 4 is 22.8 Å². The van der Waals surface area contributed by atoms with Gasteiger partial charge in [0.05, 0.1) is 32.6 Å². The van der Waals surface area contributed by atoms with Crippen molar-refractivity contribution in [1.29, 1.82) is 0 Å². The van der Waals surface area contributed by atoms with Gasteiger partial charge in [-0.1, -0.05) is 6.92 Å². The normalized spacial score (nSPS) is 11.1. The van der Waals surface area contributed by atoms with E-state index in [4.69, 9.17) is 14.2 Å². The zero-order valence-corrected chi connectivity index (χ0v) is 16.7. The van der Waals surface area contributed by atoms with Crippen molar-refractivity contribution in [2.45, 2.75) is 13.3 Å². The molecular weight excluding hydrogens is 392 g/mol. The van der Waals surface area contributed by atoms with Crippen LogP contribution in [0.25, 0.3) is 22.5 Å². The fourth-order valence-corrected chi connectivity index (χ4v) is 3.13. The number of methoxy groups -OCH3 is 3. The highest BCUT2D eigenvalue weighted by atomic mass is 16.5. The van der Waals surface area contributed by atoms with Crippen LogP contribution < -0.4 is 15.0 Å². The van der Waals surface area contributed by atoms with Gasteiger partial charge in [-0.25, -0.2) is 4.79 Å². The summed E-state index contributed by atoms with van der Waals surface area (Å²) >= 11 is 0. The summed E-state index contributed by atoms with van der Waals surface area (Å²) in [5.74, 6) is 0.930. The summed E-state index contributed by atoms with van der Waals surface area (Å²) in [4.78, 5) is 29.9. The number of rotatable bonds is 5.